The van der Waals surface area contributed by atoms with E-state index in [9.17, 15) is 16.8 Å². The number of nitrogens with one attached hydrogen (secondary N) is 2. The molecule has 0 heterocycles. The summed E-state index contributed by atoms with van der Waals surface area (Å²) in [5.41, 5.74) is 0. The first-order valence-electron chi connectivity index (χ1n) is 9.85. The van der Waals surface area contributed by atoms with Crippen LogP contribution in [-0.4, -0.2) is 84.6 Å². The van der Waals surface area contributed by atoms with Gasteiger partial charge in [0.15, 0.2) is 0 Å². The Morgan fingerprint density at radius 3 is 1.59 bits per heavy atom. The van der Waals surface area contributed by atoms with Crippen LogP contribution in [0.3, 0.4) is 0 Å². The second kappa shape index (κ2) is 18.8. The molecule has 0 radical (unpaired) electrons. The molecule has 0 saturated carbocycles. The van der Waals surface area contributed by atoms with E-state index < -0.39 is 20.2 Å². The molecule has 0 amide bonds. The molecule has 160 valence electrons. The summed E-state index contributed by atoms with van der Waals surface area (Å²) in [4.78, 5) is 0. The van der Waals surface area contributed by atoms with Gasteiger partial charge < -0.3 is 10.6 Å². The van der Waals surface area contributed by atoms with Crippen LogP contribution in [0.15, 0.2) is 0 Å². The Hall–Kier alpha value is 0.780. The number of hydrogen-bond acceptors (Lipinski definition) is 7. The van der Waals surface area contributed by atoms with Crippen LogP contribution in [-0.2, 0) is 23.9 Å². The molecule has 0 spiro atoms. The molecule has 2 N–H and O–H groups in total. The monoisotopic (exact) mass is 438 g/mol. The first kappa shape index (κ1) is 30.0. The van der Waals surface area contributed by atoms with E-state index in [1.165, 1.54) is 51.4 Å². The normalized spacial score (nSPS) is 12.1. The van der Waals surface area contributed by atoms with Crippen molar-refractivity contribution in [3.8, 4) is 0 Å². The first-order valence-corrected chi connectivity index (χ1v) is 13.0. The van der Waals surface area contributed by atoms with E-state index in [1.807, 2.05) is 0 Å². The van der Waals surface area contributed by atoms with Crippen LogP contribution in [0.5, 0.6) is 0 Å². The van der Waals surface area contributed by atoms with Gasteiger partial charge in [-0.05, 0) is 20.0 Å². The van der Waals surface area contributed by atoms with Crippen LogP contribution in [0.1, 0.15) is 71.1 Å². The van der Waals surface area contributed by atoms with Crippen LogP contribution in [0.4, 0.5) is 0 Å². The van der Waals surface area contributed by atoms with Crippen molar-refractivity contribution in [2.75, 3.05) is 38.2 Å². The minimum atomic E-state index is -4.06. The molecule has 0 bridgehead atoms. The Morgan fingerprint density at radius 1 is 0.667 bits per heavy atom. The average molecular weight is 439 g/mol. The van der Waals surface area contributed by atoms with Crippen molar-refractivity contribution in [1.29, 1.82) is 0 Å². The molecule has 27 heavy (non-hydrogen) atoms. The zero-order valence-corrected chi connectivity index (χ0v) is 18.1. The topological polar surface area (TPSA) is 102 Å². The standard InChI is InChI=1S/C17H38N2O5S2.Na.H/c1-3-4-5-6-7-8-9-10-11-12-13-19-15-17-26(22,23)24-25(20,21)16-14-18-2;;/h18-19H,3-17H2,1-2H3;;. The molecular weight excluding hydrogens is 399 g/mol. The summed E-state index contributed by atoms with van der Waals surface area (Å²) in [6.07, 6.45) is 12.5. The second-order valence-electron chi connectivity index (χ2n) is 6.63. The van der Waals surface area contributed by atoms with Gasteiger partial charge in [0.05, 0.1) is 11.5 Å². The van der Waals surface area contributed by atoms with Crippen molar-refractivity contribution in [2.45, 2.75) is 71.1 Å². The van der Waals surface area contributed by atoms with Gasteiger partial charge in [0.2, 0.25) is 0 Å². The maximum atomic E-state index is 11.6. The fourth-order valence-electron chi connectivity index (χ4n) is 2.51. The fourth-order valence-corrected chi connectivity index (χ4v) is 5.17. The van der Waals surface area contributed by atoms with Crippen molar-refractivity contribution in [2.24, 2.45) is 0 Å². The van der Waals surface area contributed by atoms with Crippen molar-refractivity contribution in [3.05, 3.63) is 0 Å². The van der Waals surface area contributed by atoms with Gasteiger partial charge in [0.1, 0.15) is 0 Å². The maximum absolute atomic E-state index is 11.6. The van der Waals surface area contributed by atoms with Crippen molar-refractivity contribution >= 4 is 49.8 Å². The second-order valence-corrected chi connectivity index (χ2v) is 10.2. The van der Waals surface area contributed by atoms with Crippen molar-refractivity contribution < 1.29 is 20.5 Å². The van der Waals surface area contributed by atoms with Gasteiger partial charge in [-0.2, -0.15) is 16.8 Å². The summed E-state index contributed by atoms with van der Waals surface area (Å²) in [6, 6.07) is 0. The molecule has 0 aliphatic heterocycles. The molecule has 0 aliphatic carbocycles. The molecule has 0 aliphatic rings. The van der Waals surface area contributed by atoms with Gasteiger partial charge in [0.25, 0.3) is 20.2 Å². The van der Waals surface area contributed by atoms with Crippen LogP contribution < -0.4 is 10.6 Å². The molecule has 0 unspecified atom stereocenters. The van der Waals surface area contributed by atoms with E-state index in [1.54, 1.807) is 7.05 Å². The molecule has 10 heteroatoms. The van der Waals surface area contributed by atoms with Gasteiger partial charge in [-0.3, -0.25) is 0 Å². The molecule has 0 rings (SSSR count). The quantitative estimate of drug-likeness (QED) is 0.234. The van der Waals surface area contributed by atoms with Gasteiger partial charge in [-0.15, -0.1) is 3.63 Å². The summed E-state index contributed by atoms with van der Waals surface area (Å²) >= 11 is 0. The first-order chi connectivity index (χ1) is 12.3. The molecular formula is C17H39N2NaO5S2. The summed E-state index contributed by atoms with van der Waals surface area (Å²) in [5.74, 6) is -0.710. The average Bonchev–Trinajstić information content (AvgIpc) is 2.56. The number of rotatable bonds is 19. The third-order valence-electron chi connectivity index (χ3n) is 4.05. The molecule has 0 fully saturated rings. The number of unbranched alkanes of at least 4 members (excludes halogenated alkanes) is 9. The third-order valence-corrected chi connectivity index (χ3v) is 7.11. The molecule has 0 atom stereocenters. The van der Waals surface area contributed by atoms with Crippen molar-refractivity contribution in [1.82, 2.24) is 10.6 Å². The Morgan fingerprint density at radius 2 is 1.11 bits per heavy atom. The van der Waals surface area contributed by atoms with E-state index in [0.717, 1.165) is 19.4 Å². The molecule has 0 saturated heterocycles. The van der Waals surface area contributed by atoms with E-state index in [0.29, 0.717) is 0 Å². The van der Waals surface area contributed by atoms with E-state index in [2.05, 4.69) is 21.2 Å². The summed E-state index contributed by atoms with van der Waals surface area (Å²) in [7, 11) is -6.53. The zero-order chi connectivity index (χ0) is 19.7. The van der Waals surface area contributed by atoms with Gasteiger partial charge in [-0.1, -0.05) is 64.7 Å². The van der Waals surface area contributed by atoms with Crippen molar-refractivity contribution in [3.63, 3.8) is 0 Å². The Balaban J connectivity index is 0. The van der Waals surface area contributed by atoms with Crippen LogP contribution in [0.25, 0.3) is 0 Å². The van der Waals surface area contributed by atoms with Gasteiger partial charge in [-0.25, -0.2) is 0 Å². The Labute approximate surface area is 189 Å². The predicted molar refractivity (Wildman–Crippen MR) is 114 cm³/mol. The van der Waals surface area contributed by atoms with E-state index in [-0.39, 0.29) is 54.2 Å². The molecule has 0 aromatic heterocycles. The molecule has 0 aromatic rings. The van der Waals surface area contributed by atoms with Crippen LogP contribution in [0.2, 0.25) is 0 Å². The minimum absolute atomic E-state index is 0. The van der Waals surface area contributed by atoms with E-state index >= 15 is 0 Å². The molecule has 0 aromatic carbocycles. The zero-order valence-electron chi connectivity index (χ0n) is 16.5. The predicted octanol–water partition coefficient (Wildman–Crippen LogP) is 1.74. The fraction of sp³-hybridized carbons (Fsp3) is 1.00. The SMILES string of the molecule is CCCCCCCCCCCCNCCS(=O)(=O)OS(=O)(=O)CCNC.[NaH]. The number of hydrogen-bond donors (Lipinski definition) is 2. The van der Waals surface area contributed by atoms with E-state index in [4.69, 9.17) is 0 Å². The third kappa shape index (κ3) is 21.3. The Bertz CT molecular complexity index is 527. The summed E-state index contributed by atoms with van der Waals surface area (Å²) < 4.78 is 50.6. The van der Waals surface area contributed by atoms with Crippen LogP contribution in [0, 0.1) is 0 Å². The van der Waals surface area contributed by atoms with Gasteiger partial charge >= 0.3 is 29.6 Å². The van der Waals surface area contributed by atoms with Gasteiger partial charge in [0, 0.05) is 13.1 Å². The summed E-state index contributed by atoms with van der Waals surface area (Å²) in [6.45, 7) is 3.30. The van der Waals surface area contributed by atoms with Crippen LogP contribution >= 0.6 is 0 Å². The molecule has 7 nitrogen and oxygen atoms in total. The Kier molecular flexibility index (Phi) is 20.9. The summed E-state index contributed by atoms with van der Waals surface area (Å²) in [5, 5.41) is 5.67.